The fourth-order valence-electron chi connectivity index (χ4n) is 4.44. The minimum Gasteiger partial charge on any atom is -0.507 e. The normalized spacial score (nSPS) is 17.1. The molecule has 32 heavy (non-hydrogen) atoms. The maximum absolute atomic E-state index is 12.1. The van der Waals surface area contributed by atoms with Gasteiger partial charge in [0.1, 0.15) is 28.7 Å². The van der Waals surface area contributed by atoms with Crippen LogP contribution in [0, 0.1) is 0 Å². The summed E-state index contributed by atoms with van der Waals surface area (Å²) in [6.07, 6.45) is 1.62. The molecule has 1 unspecified atom stereocenters. The first kappa shape index (κ1) is 20.0. The van der Waals surface area contributed by atoms with Gasteiger partial charge in [0, 0.05) is 28.7 Å². The van der Waals surface area contributed by atoms with E-state index in [1.54, 1.807) is 24.3 Å². The number of aliphatic hydroxyl groups is 1. The first-order valence-electron chi connectivity index (χ1n) is 10.5. The number of carbonyl (C=O) groups excluding carboxylic acids is 1. The Hall–Kier alpha value is -3.89. The second-order valence-electron chi connectivity index (χ2n) is 8.12. The van der Waals surface area contributed by atoms with E-state index in [1.807, 2.05) is 66.7 Å². The fourth-order valence-corrected chi connectivity index (χ4v) is 4.44. The van der Waals surface area contributed by atoms with Gasteiger partial charge in [0.15, 0.2) is 0 Å². The standard InChI is InChI=1S/C28H22O4/c1-18(29)17-28(31)23-13-12-21(19-8-4-2-5-9-19)27(30)22(23)16-24(28)26-15-14-25(32-26)20-10-6-3-7-11-20/h2-16,30-31H,17H2,1H3. The summed E-state index contributed by atoms with van der Waals surface area (Å²) < 4.78 is 6.10. The zero-order valence-electron chi connectivity index (χ0n) is 17.6. The molecule has 5 rings (SSSR count). The topological polar surface area (TPSA) is 70.7 Å². The van der Waals surface area contributed by atoms with Crippen LogP contribution in [0.4, 0.5) is 0 Å². The van der Waals surface area contributed by atoms with Crippen molar-refractivity contribution < 1.29 is 19.4 Å². The molecule has 0 fully saturated rings. The number of furan rings is 1. The molecule has 1 aliphatic rings. The van der Waals surface area contributed by atoms with Crippen LogP contribution in [0.1, 0.15) is 30.2 Å². The molecule has 0 aliphatic heterocycles. The van der Waals surface area contributed by atoms with Crippen molar-refractivity contribution in [3.8, 4) is 28.2 Å². The van der Waals surface area contributed by atoms with Crippen LogP contribution >= 0.6 is 0 Å². The lowest BCUT2D eigenvalue weighted by molar-refractivity contribution is -0.120. The Labute approximate surface area is 186 Å². The number of carbonyl (C=O) groups is 1. The number of ketones is 1. The lowest BCUT2D eigenvalue weighted by Crippen LogP contribution is -2.28. The molecule has 1 aromatic heterocycles. The molecule has 0 radical (unpaired) electrons. The summed E-state index contributed by atoms with van der Waals surface area (Å²) in [6, 6.07) is 26.4. The van der Waals surface area contributed by atoms with Crippen LogP contribution < -0.4 is 0 Å². The number of hydrogen-bond acceptors (Lipinski definition) is 4. The fraction of sp³-hybridized carbons (Fsp3) is 0.107. The van der Waals surface area contributed by atoms with E-state index in [2.05, 4.69) is 0 Å². The van der Waals surface area contributed by atoms with Crippen molar-refractivity contribution in [1.29, 1.82) is 0 Å². The largest absolute Gasteiger partial charge is 0.507 e. The number of Topliss-reactive ketones (excluding diaryl/α,β-unsaturated/α-hetero) is 1. The molecule has 0 saturated carbocycles. The number of hydrogen-bond donors (Lipinski definition) is 2. The monoisotopic (exact) mass is 422 g/mol. The number of benzene rings is 3. The van der Waals surface area contributed by atoms with Crippen molar-refractivity contribution in [2.75, 3.05) is 0 Å². The van der Waals surface area contributed by atoms with Gasteiger partial charge in [0.25, 0.3) is 0 Å². The molecule has 158 valence electrons. The predicted octanol–water partition coefficient (Wildman–Crippen LogP) is 6.04. The van der Waals surface area contributed by atoms with Gasteiger partial charge in [-0.15, -0.1) is 0 Å². The van der Waals surface area contributed by atoms with Gasteiger partial charge in [-0.25, -0.2) is 0 Å². The summed E-state index contributed by atoms with van der Waals surface area (Å²) in [4.78, 5) is 12.1. The maximum Gasteiger partial charge on any atom is 0.134 e. The molecule has 2 N–H and O–H groups in total. The zero-order valence-corrected chi connectivity index (χ0v) is 17.6. The minimum absolute atomic E-state index is 0.0699. The highest BCUT2D eigenvalue weighted by Gasteiger charge is 2.44. The molecular weight excluding hydrogens is 400 g/mol. The number of phenols is 1. The number of aromatic hydroxyl groups is 1. The van der Waals surface area contributed by atoms with Crippen molar-refractivity contribution in [1.82, 2.24) is 0 Å². The average Bonchev–Trinajstić information content (AvgIpc) is 3.38. The van der Waals surface area contributed by atoms with Gasteiger partial charge in [-0.05, 0) is 36.3 Å². The van der Waals surface area contributed by atoms with Gasteiger partial charge >= 0.3 is 0 Å². The third-order valence-electron chi connectivity index (χ3n) is 5.92. The van der Waals surface area contributed by atoms with E-state index in [0.29, 0.717) is 33.8 Å². The second-order valence-corrected chi connectivity index (χ2v) is 8.12. The molecule has 0 saturated heterocycles. The summed E-state index contributed by atoms with van der Waals surface area (Å²) in [5.41, 5.74) is 2.33. The van der Waals surface area contributed by atoms with Crippen LogP contribution in [0.15, 0.2) is 89.3 Å². The molecule has 0 spiro atoms. The molecule has 1 atom stereocenters. The van der Waals surface area contributed by atoms with E-state index in [-0.39, 0.29) is 18.0 Å². The van der Waals surface area contributed by atoms with Gasteiger partial charge in [-0.1, -0.05) is 72.8 Å². The highest BCUT2D eigenvalue weighted by Crippen LogP contribution is 2.52. The Morgan fingerprint density at radius 1 is 0.844 bits per heavy atom. The first-order chi connectivity index (χ1) is 15.5. The van der Waals surface area contributed by atoms with Crippen LogP contribution in [0.25, 0.3) is 34.1 Å². The van der Waals surface area contributed by atoms with Gasteiger partial charge in [0.05, 0.1) is 0 Å². The van der Waals surface area contributed by atoms with E-state index >= 15 is 0 Å². The van der Waals surface area contributed by atoms with Gasteiger partial charge in [0.2, 0.25) is 0 Å². The average molecular weight is 422 g/mol. The van der Waals surface area contributed by atoms with Crippen molar-refractivity contribution in [2.24, 2.45) is 0 Å². The SMILES string of the molecule is CC(=O)CC1(O)C(c2ccc(-c3ccccc3)o2)=Cc2c1ccc(-c1ccccc1)c2O. The summed E-state index contributed by atoms with van der Waals surface area (Å²) in [5, 5.41) is 22.8. The summed E-state index contributed by atoms with van der Waals surface area (Å²) in [5.74, 6) is 1.04. The Morgan fingerprint density at radius 2 is 1.47 bits per heavy atom. The molecular formula is C28H22O4. The third kappa shape index (κ3) is 3.26. The molecule has 1 aliphatic carbocycles. The minimum atomic E-state index is -1.58. The predicted molar refractivity (Wildman–Crippen MR) is 125 cm³/mol. The highest BCUT2D eigenvalue weighted by molar-refractivity contribution is 5.98. The third-order valence-corrected chi connectivity index (χ3v) is 5.92. The molecule has 0 bridgehead atoms. The van der Waals surface area contributed by atoms with E-state index in [4.69, 9.17) is 4.42 Å². The smallest absolute Gasteiger partial charge is 0.134 e. The van der Waals surface area contributed by atoms with Crippen molar-refractivity contribution in [2.45, 2.75) is 18.9 Å². The second kappa shape index (κ2) is 7.66. The van der Waals surface area contributed by atoms with Crippen molar-refractivity contribution in [3.05, 3.63) is 102 Å². The van der Waals surface area contributed by atoms with Gasteiger partial charge in [-0.2, -0.15) is 0 Å². The molecule has 3 aromatic carbocycles. The molecule has 1 heterocycles. The van der Waals surface area contributed by atoms with Crippen LogP contribution in [-0.2, 0) is 10.4 Å². The Morgan fingerprint density at radius 3 is 2.12 bits per heavy atom. The van der Waals surface area contributed by atoms with Crippen LogP contribution in [0.2, 0.25) is 0 Å². The summed E-state index contributed by atoms with van der Waals surface area (Å²) >= 11 is 0. The zero-order chi connectivity index (χ0) is 22.3. The molecule has 0 amide bonds. The highest BCUT2D eigenvalue weighted by atomic mass is 16.3. The van der Waals surface area contributed by atoms with E-state index in [9.17, 15) is 15.0 Å². The Balaban J connectivity index is 1.65. The summed E-state index contributed by atoms with van der Waals surface area (Å²) in [7, 11) is 0. The van der Waals surface area contributed by atoms with Crippen molar-refractivity contribution in [3.63, 3.8) is 0 Å². The van der Waals surface area contributed by atoms with Crippen molar-refractivity contribution >= 4 is 17.4 Å². The van der Waals surface area contributed by atoms with Crippen LogP contribution in [0.3, 0.4) is 0 Å². The Kier molecular flexibility index (Phi) is 4.80. The van der Waals surface area contributed by atoms with Gasteiger partial charge in [-0.3, -0.25) is 4.79 Å². The number of rotatable bonds is 5. The lowest BCUT2D eigenvalue weighted by atomic mass is 9.84. The summed E-state index contributed by atoms with van der Waals surface area (Å²) in [6.45, 7) is 1.45. The molecule has 4 nitrogen and oxygen atoms in total. The van der Waals surface area contributed by atoms with Crippen LogP contribution in [0.5, 0.6) is 5.75 Å². The number of fused-ring (bicyclic) bond motifs is 1. The van der Waals surface area contributed by atoms with E-state index in [0.717, 1.165) is 11.1 Å². The van der Waals surface area contributed by atoms with E-state index in [1.165, 1.54) is 6.92 Å². The molecule has 4 aromatic rings. The lowest BCUT2D eigenvalue weighted by Gasteiger charge is -2.26. The number of phenolic OH excluding ortho intramolecular Hbond substituents is 1. The Bertz CT molecular complexity index is 1330. The quantitative estimate of drug-likeness (QED) is 0.411. The first-order valence-corrected chi connectivity index (χ1v) is 10.5. The van der Waals surface area contributed by atoms with E-state index < -0.39 is 5.60 Å². The van der Waals surface area contributed by atoms with Crippen LogP contribution in [-0.4, -0.2) is 16.0 Å². The maximum atomic E-state index is 12.1. The van der Waals surface area contributed by atoms with Gasteiger partial charge < -0.3 is 14.6 Å². The molecule has 4 heteroatoms.